The molecule has 1 aliphatic rings. The minimum Gasteiger partial charge on any atom is -0.149 e. The third-order valence-corrected chi connectivity index (χ3v) is 5.10. The van der Waals surface area contributed by atoms with Crippen LogP contribution in [-0.4, -0.2) is 0 Å². The van der Waals surface area contributed by atoms with Crippen LogP contribution in [-0.2, 0) is 0 Å². The highest BCUT2D eigenvalue weighted by atomic mass is 32.1. The molecule has 72 valence electrons. The van der Waals surface area contributed by atoms with Gasteiger partial charge in [-0.25, -0.2) is 0 Å². The maximum Gasteiger partial charge on any atom is 0.00825 e. The fourth-order valence-corrected chi connectivity index (χ4v) is 4.04. The first-order valence-electron chi connectivity index (χ1n) is 5.02. The summed E-state index contributed by atoms with van der Waals surface area (Å²) in [5, 5.41) is 4.39. The van der Waals surface area contributed by atoms with Crippen molar-refractivity contribution >= 4 is 22.7 Å². The second-order valence-electron chi connectivity index (χ2n) is 3.82. The van der Waals surface area contributed by atoms with Crippen LogP contribution in [0.2, 0.25) is 0 Å². The summed E-state index contributed by atoms with van der Waals surface area (Å²) >= 11 is 3.83. The summed E-state index contributed by atoms with van der Waals surface area (Å²) in [6.07, 6.45) is 2.76. The molecule has 2 aromatic heterocycles. The minimum atomic E-state index is 0.814. The second kappa shape index (κ2) is 3.52. The summed E-state index contributed by atoms with van der Waals surface area (Å²) in [6, 6.07) is 8.91. The van der Waals surface area contributed by atoms with Gasteiger partial charge in [0, 0.05) is 21.6 Å². The first-order chi connectivity index (χ1) is 6.95. The van der Waals surface area contributed by atoms with Crippen LogP contribution < -0.4 is 0 Å². The molecule has 0 spiro atoms. The van der Waals surface area contributed by atoms with Gasteiger partial charge < -0.3 is 0 Å². The SMILES string of the molecule is c1csc(C2CCC2c2cccs2)c1. The van der Waals surface area contributed by atoms with Crippen LogP contribution in [0.5, 0.6) is 0 Å². The van der Waals surface area contributed by atoms with E-state index in [-0.39, 0.29) is 0 Å². The number of thiophene rings is 2. The van der Waals surface area contributed by atoms with Crippen molar-refractivity contribution in [1.82, 2.24) is 0 Å². The number of hydrogen-bond donors (Lipinski definition) is 0. The Bertz CT molecular complexity index is 346. The van der Waals surface area contributed by atoms with Gasteiger partial charge in [-0.15, -0.1) is 22.7 Å². The molecular weight excluding hydrogens is 208 g/mol. The smallest absolute Gasteiger partial charge is 0.00825 e. The van der Waals surface area contributed by atoms with E-state index in [4.69, 9.17) is 0 Å². The highest BCUT2D eigenvalue weighted by molar-refractivity contribution is 7.10. The van der Waals surface area contributed by atoms with Gasteiger partial charge in [-0.1, -0.05) is 12.1 Å². The topological polar surface area (TPSA) is 0 Å². The standard InChI is InChI=1S/C12H12S2/c1-3-11(13-7-1)9-5-6-10(9)12-4-2-8-14-12/h1-4,7-10H,5-6H2. The molecule has 1 fully saturated rings. The zero-order valence-corrected chi connectivity index (χ0v) is 9.48. The van der Waals surface area contributed by atoms with E-state index in [2.05, 4.69) is 35.0 Å². The summed E-state index contributed by atoms with van der Waals surface area (Å²) in [7, 11) is 0. The molecule has 0 saturated heterocycles. The molecule has 2 heteroatoms. The van der Waals surface area contributed by atoms with Crippen molar-refractivity contribution in [3.63, 3.8) is 0 Å². The van der Waals surface area contributed by atoms with Gasteiger partial charge in [0.25, 0.3) is 0 Å². The molecule has 0 aromatic carbocycles. The third kappa shape index (κ3) is 1.33. The molecular formula is C12H12S2. The summed E-state index contributed by atoms with van der Waals surface area (Å²) in [4.78, 5) is 3.16. The molecule has 0 nitrogen and oxygen atoms in total. The lowest BCUT2D eigenvalue weighted by atomic mass is 9.72. The van der Waals surface area contributed by atoms with Crippen molar-refractivity contribution in [3.05, 3.63) is 44.8 Å². The van der Waals surface area contributed by atoms with Crippen LogP contribution in [0.15, 0.2) is 35.0 Å². The molecule has 2 aromatic rings. The van der Waals surface area contributed by atoms with Gasteiger partial charge in [0.2, 0.25) is 0 Å². The van der Waals surface area contributed by atoms with Crippen molar-refractivity contribution in [2.24, 2.45) is 0 Å². The van der Waals surface area contributed by atoms with Crippen molar-refractivity contribution in [2.45, 2.75) is 24.7 Å². The van der Waals surface area contributed by atoms with Crippen molar-refractivity contribution in [1.29, 1.82) is 0 Å². The Kier molecular flexibility index (Phi) is 2.18. The Morgan fingerprint density at radius 2 is 1.36 bits per heavy atom. The van der Waals surface area contributed by atoms with Gasteiger partial charge in [0.05, 0.1) is 0 Å². The van der Waals surface area contributed by atoms with Crippen molar-refractivity contribution in [2.75, 3.05) is 0 Å². The average molecular weight is 220 g/mol. The zero-order chi connectivity index (χ0) is 9.38. The van der Waals surface area contributed by atoms with Crippen molar-refractivity contribution in [3.8, 4) is 0 Å². The molecule has 1 aliphatic carbocycles. The van der Waals surface area contributed by atoms with Crippen LogP contribution >= 0.6 is 22.7 Å². The number of hydrogen-bond acceptors (Lipinski definition) is 2. The Labute approximate surface area is 92.2 Å². The van der Waals surface area contributed by atoms with Crippen LogP contribution in [0.3, 0.4) is 0 Å². The normalized spacial score (nSPS) is 26.0. The van der Waals surface area contributed by atoms with E-state index < -0.39 is 0 Å². The molecule has 0 amide bonds. The molecule has 2 heterocycles. The maximum absolute atomic E-state index is 2.29. The molecule has 0 bridgehead atoms. The van der Waals surface area contributed by atoms with Crippen LogP contribution in [0, 0.1) is 0 Å². The van der Waals surface area contributed by atoms with Crippen molar-refractivity contribution < 1.29 is 0 Å². The van der Waals surface area contributed by atoms with E-state index in [0.717, 1.165) is 11.8 Å². The highest BCUT2D eigenvalue weighted by Crippen LogP contribution is 2.51. The largest absolute Gasteiger partial charge is 0.149 e. The lowest BCUT2D eigenvalue weighted by molar-refractivity contribution is 0.356. The maximum atomic E-state index is 2.29. The van der Waals surface area contributed by atoms with E-state index >= 15 is 0 Å². The molecule has 2 unspecified atom stereocenters. The van der Waals surface area contributed by atoms with E-state index in [1.165, 1.54) is 12.8 Å². The lowest BCUT2D eigenvalue weighted by Gasteiger charge is -2.35. The first-order valence-corrected chi connectivity index (χ1v) is 6.78. The second-order valence-corrected chi connectivity index (χ2v) is 5.78. The van der Waals surface area contributed by atoms with E-state index in [1.54, 1.807) is 9.75 Å². The Morgan fingerprint density at radius 3 is 1.64 bits per heavy atom. The highest BCUT2D eigenvalue weighted by Gasteiger charge is 2.34. The van der Waals surface area contributed by atoms with E-state index in [1.807, 2.05) is 22.7 Å². The quantitative estimate of drug-likeness (QED) is 0.700. The Hall–Kier alpha value is -0.600. The summed E-state index contributed by atoms with van der Waals surface area (Å²) < 4.78 is 0. The van der Waals surface area contributed by atoms with Gasteiger partial charge in [-0.3, -0.25) is 0 Å². The van der Waals surface area contributed by atoms with Crippen LogP contribution in [0.1, 0.15) is 34.4 Å². The summed E-state index contributed by atoms with van der Waals surface area (Å²) in [5.74, 6) is 1.63. The molecule has 0 N–H and O–H groups in total. The zero-order valence-electron chi connectivity index (χ0n) is 7.85. The molecule has 1 saturated carbocycles. The van der Waals surface area contributed by atoms with E-state index in [0.29, 0.717) is 0 Å². The molecule has 2 atom stereocenters. The van der Waals surface area contributed by atoms with E-state index in [9.17, 15) is 0 Å². The molecule has 3 rings (SSSR count). The molecule has 0 radical (unpaired) electrons. The Morgan fingerprint density at radius 1 is 0.857 bits per heavy atom. The summed E-state index contributed by atoms with van der Waals surface area (Å²) in [5.41, 5.74) is 0. The van der Waals surface area contributed by atoms with Gasteiger partial charge in [0.1, 0.15) is 0 Å². The third-order valence-electron chi connectivity index (χ3n) is 3.09. The average Bonchev–Trinajstić information content (AvgIpc) is 2.73. The first kappa shape index (κ1) is 8.69. The van der Waals surface area contributed by atoms with Gasteiger partial charge >= 0.3 is 0 Å². The fraction of sp³-hybridized carbons (Fsp3) is 0.333. The molecule has 0 aliphatic heterocycles. The minimum absolute atomic E-state index is 0.814. The lowest BCUT2D eigenvalue weighted by Crippen LogP contribution is -2.19. The fourth-order valence-electron chi connectivity index (χ4n) is 2.19. The number of rotatable bonds is 2. The van der Waals surface area contributed by atoms with Gasteiger partial charge in [0.15, 0.2) is 0 Å². The van der Waals surface area contributed by atoms with Crippen LogP contribution in [0.25, 0.3) is 0 Å². The monoisotopic (exact) mass is 220 g/mol. The Balaban J connectivity index is 1.85. The van der Waals surface area contributed by atoms with Crippen LogP contribution in [0.4, 0.5) is 0 Å². The summed E-state index contributed by atoms with van der Waals surface area (Å²) in [6.45, 7) is 0. The van der Waals surface area contributed by atoms with Gasteiger partial charge in [-0.2, -0.15) is 0 Å². The van der Waals surface area contributed by atoms with Gasteiger partial charge in [-0.05, 0) is 35.7 Å². The predicted octanol–water partition coefficient (Wildman–Crippen LogP) is 4.47. The predicted molar refractivity (Wildman–Crippen MR) is 63.4 cm³/mol. The molecule has 14 heavy (non-hydrogen) atoms.